The first kappa shape index (κ1) is 15.4. The maximum Gasteiger partial charge on any atom is 0.324 e. The molecule has 0 aliphatic rings. The van der Waals surface area contributed by atoms with Crippen molar-refractivity contribution in [2.24, 2.45) is 7.05 Å². The largest absolute Gasteiger partial charge is 0.388 e. The first-order valence-corrected chi connectivity index (χ1v) is 7.20. The van der Waals surface area contributed by atoms with Crippen LogP contribution in [0.25, 0.3) is 0 Å². The van der Waals surface area contributed by atoms with E-state index in [2.05, 4.69) is 15.3 Å². The molecule has 0 atom stereocenters. The molecule has 9 nitrogen and oxygen atoms in total. The Labute approximate surface area is 125 Å². The first-order chi connectivity index (χ1) is 9.99. The Kier molecular flexibility index (Phi) is 4.58. The smallest absolute Gasteiger partial charge is 0.324 e. The van der Waals surface area contributed by atoms with Crippen molar-refractivity contribution in [2.75, 3.05) is 0 Å². The monoisotopic (exact) mass is 312 g/mol. The highest BCUT2D eigenvalue weighted by molar-refractivity contribution is 7.99. The highest BCUT2D eigenvalue weighted by Gasteiger charge is 2.26. The minimum atomic E-state index is -0.446. The van der Waals surface area contributed by atoms with E-state index in [1.54, 1.807) is 18.5 Å². The van der Waals surface area contributed by atoms with Crippen LogP contribution in [0.15, 0.2) is 10.2 Å². The van der Waals surface area contributed by atoms with Gasteiger partial charge in [-0.3, -0.25) is 14.8 Å². The number of aromatic nitrogens is 5. The number of aliphatic hydroxyl groups is 1. The van der Waals surface area contributed by atoms with Crippen molar-refractivity contribution in [3.63, 3.8) is 0 Å². The van der Waals surface area contributed by atoms with Crippen LogP contribution in [0.1, 0.15) is 24.9 Å². The topological polar surface area (TPSA) is 112 Å². The fraction of sp³-hybridized carbons (Fsp3) is 0.545. The van der Waals surface area contributed by atoms with E-state index in [4.69, 9.17) is 0 Å². The lowest BCUT2D eigenvalue weighted by molar-refractivity contribution is -0.388. The Balaban J connectivity index is 2.43. The molecular weight excluding hydrogens is 296 g/mol. The van der Waals surface area contributed by atoms with Crippen LogP contribution < -0.4 is 0 Å². The third-order valence-electron chi connectivity index (χ3n) is 2.89. The molecule has 2 rings (SSSR count). The van der Waals surface area contributed by atoms with E-state index < -0.39 is 4.92 Å². The molecule has 0 saturated carbocycles. The maximum absolute atomic E-state index is 11.2. The molecule has 2 heterocycles. The quantitative estimate of drug-likeness (QED) is 0.631. The molecule has 10 heteroatoms. The molecule has 0 aliphatic heterocycles. The maximum atomic E-state index is 11.2. The standard InChI is InChI=1S/C11H16N6O3S/c1-4-5-16-8(6-18)12-13-11(16)21-10-9(17(19)20)7(2)14-15(10)3/h18H,4-6H2,1-3H3. The summed E-state index contributed by atoms with van der Waals surface area (Å²) in [5.74, 6) is 0.445. The van der Waals surface area contributed by atoms with Crippen molar-refractivity contribution >= 4 is 17.4 Å². The van der Waals surface area contributed by atoms with Crippen molar-refractivity contribution in [1.82, 2.24) is 24.5 Å². The fourth-order valence-corrected chi connectivity index (χ4v) is 3.05. The van der Waals surface area contributed by atoms with Gasteiger partial charge in [-0.2, -0.15) is 5.10 Å². The summed E-state index contributed by atoms with van der Waals surface area (Å²) in [7, 11) is 1.65. The van der Waals surface area contributed by atoms with Crippen LogP contribution in [0.4, 0.5) is 5.69 Å². The summed E-state index contributed by atoms with van der Waals surface area (Å²) >= 11 is 1.13. The van der Waals surface area contributed by atoms with Crippen LogP contribution in [0.3, 0.4) is 0 Å². The van der Waals surface area contributed by atoms with Crippen molar-refractivity contribution in [1.29, 1.82) is 0 Å². The van der Waals surface area contributed by atoms with E-state index in [9.17, 15) is 15.2 Å². The predicted octanol–water partition coefficient (Wildman–Crippen LogP) is 1.28. The van der Waals surface area contributed by atoms with Gasteiger partial charge in [-0.25, -0.2) is 0 Å². The van der Waals surface area contributed by atoms with E-state index in [-0.39, 0.29) is 12.3 Å². The summed E-state index contributed by atoms with van der Waals surface area (Å²) in [6.45, 7) is 4.00. The molecule has 0 saturated heterocycles. The van der Waals surface area contributed by atoms with Gasteiger partial charge < -0.3 is 9.67 Å². The molecule has 1 N–H and O–H groups in total. The molecule has 0 amide bonds. The number of aryl methyl sites for hydroxylation is 2. The van der Waals surface area contributed by atoms with Gasteiger partial charge in [-0.1, -0.05) is 6.92 Å². The van der Waals surface area contributed by atoms with Crippen molar-refractivity contribution in [3.05, 3.63) is 21.6 Å². The highest BCUT2D eigenvalue weighted by Crippen LogP contribution is 2.35. The third-order valence-corrected chi connectivity index (χ3v) is 4.03. The van der Waals surface area contributed by atoms with Gasteiger partial charge in [0, 0.05) is 13.6 Å². The van der Waals surface area contributed by atoms with Gasteiger partial charge in [0.05, 0.1) is 4.92 Å². The van der Waals surface area contributed by atoms with Gasteiger partial charge in [0.25, 0.3) is 0 Å². The van der Waals surface area contributed by atoms with E-state index in [1.165, 1.54) is 4.68 Å². The number of hydrogen-bond acceptors (Lipinski definition) is 7. The van der Waals surface area contributed by atoms with Crippen LogP contribution in [-0.2, 0) is 20.2 Å². The normalized spacial score (nSPS) is 11.0. The lowest BCUT2D eigenvalue weighted by Gasteiger charge is -2.07. The Morgan fingerprint density at radius 2 is 2.14 bits per heavy atom. The van der Waals surface area contributed by atoms with Gasteiger partial charge in [0.2, 0.25) is 0 Å². The zero-order chi connectivity index (χ0) is 15.6. The predicted molar refractivity (Wildman–Crippen MR) is 75.0 cm³/mol. The Hall–Kier alpha value is -1.94. The SMILES string of the molecule is CCCn1c(CO)nnc1Sc1c([N+](=O)[O-])c(C)nn1C. The average molecular weight is 312 g/mol. The van der Waals surface area contributed by atoms with Gasteiger partial charge in [0.1, 0.15) is 12.3 Å². The molecule has 0 aromatic carbocycles. The molecule has 0 spiro atoms. The Morgan fingerprint density at radius 3 is 2.71 bits per heavy atom. The third kappa shape index (κ3) is 2.90. The van der Waals surface area contributed by atoms with Crippen LogP contribution in [0.5, 0.6) is 0 Å². The molecule has 2 aromatic heterocycles. The Morgan fingerprint density at radius 1 is 1.43 bits per heavy atom. The summed E-state index contributed by atoms with van der Waals surface area (Å²) in [5.41, 5.74) is 0.327. The second-order valence-corrected chi connectivity index (χ2v) is 5.39. The van der Waals surface area contributed by atoms with Gasteiger partial charge in [-0.15, -0.1) is 10.2 Å². The van der Waals surface area contributed by atoms with Crippen LogP contribution >= 0.6 is 11.8 Å². The fourth-order valence-electron chi connectivity index (χ4n) is 2.00. The zero-order valence-electron chi connectivity index (χ0n) is 12.0. The van der Waals surface area contributed by atoms with E-state index in [0.717, 1.165) is 18.2 Å². The molecule has 0 unspecified atom stereocenters. The molecule has 21 heavy (non-hydrogen) atoms. The minimum absolute atomic E-state index is 0.0286. The van der Waals surface area contributed by atoms with Crippen molar-refractivity contribution < 1.29 is 10.0 Å². The zero-order valence-corrected chi connectivity index (χ0v) is 12.8. The molecule has 114 valence electrons. The van der Waals surface area contributed by atoms with E-state index >= 15 is 0 Å². The molecule has 0 aliphatic carbocycles. The van der Waals surface area contributed by atoms with Crippen molar-refractivity contribution in [2.45, 2.75) is 43.6 Å². The van der Waals surface area contributed by atoms with Crippen LogP contribution in [-0.4, -0.2) is 34.6 Å². The lowest BCUT2D eigenvalue weighted by atomic mass is 10.4. The lowest BCUT2D eigenvalue weighted by Crippen LogP contribution is -2.05. The number of aliphatic hydroxyl groups excluding tert-OH is 1. The van der Waals surface area contributed by atoms with E-state index in [0.29, 0.717) is 28.2 Å². The van der Waals surface area contributed by atoms with E-state index in [1.807, 2.05) is 6.92 Å². The first-order valence-electron chi connectivity index (χ1n) is 6.38. The van der Waals surface area contributed by atoms with Crippen LogP contribution in [0.2, 0.25) is 0 Å². The van der Waals surface area contributed by atoms with Gasteiger partial charge in [-0.05, 0) is 25.1 Å². The molecule has 0 bridgehead atoms. The van der Waals surface area contributed by atoms with Crippen LogP contribution in [0, 0.1) is 17.0 Å². The van der Waals surface area contributed by atoms with Gasteiger partial charge in [0.15, 0.2) is 16.0 Å². The number of hydrogen-bond donors (Lipinski definition) is 1. The number of rotatable bonds is 6. The average Bonchev–Trinajstić information content (AvgIpc) is 2.92. The number of nitro groups is 1. The summed E-state index contributed by atoms with van der Waals surface area (Å²) in [5, 5.41) is 33.3. The minimum Gasteiger partial charge on any atom is -0.388 e. The molecular formula is C11H16N6O3S. The molecule has 0 fully saturated rings. The second kappa shape index (κ2) is 6.22. The summed E-state index contributed by atoms with van der Waals surface area (Å²) in [4.78, 5) is 10.7. The summed E-state index contributed by atoms with van der Waals surface area (Å²) in [6.07, 6.45) is 0.838. The molecule has 0 radical (unpaired) electrons. The molecule has 2 aromatic rings. The summed E-state index contributed by atoms with van der Waals surface area (Å²) < 4.78 is 3.22. The highest BCUT2D eigenvalue weighted by atomic mass is 32.2. The van der Waals surface area contributed by atoms with Gasteiger partial charge >= 0.3 is 5.69 Å². The van der Waals surface area contributed by atoms with Crippen molar-refractivity contribution in [3.8, 4) is 0 Å². The summed E-state index contributed by atoms with van der Waals surface area (Å²) in [6, 6.07) is 0. The number of nitrogens with zero attached hydrogens (tertiary/aromatic N) is 6. The Bertz CT molecular complexity index is 665. The second-order valence-electron chi connectivity index (χ2n) is 4.43.